The fourth-order valence-electron chi connectivity index (χ4n) is 2.59. The lowest BCUT2D eigenvalue weighted by Gasteiger charge is -2.24. The van der Waals surface area contributed by atoms with Gasteiger partial charge in [0.2, 0.25) is 0 Å². The van der Waals surface area contributed by atoms with Gasteiger partial charge in [-0.05, 0) is 51.1 Å². The Labute approximate surface area is 163 Å². The van der Waals surface area contributed by atoms with Gasteiger partial charge in [-0.2, -0.15) is 0 Å². The normalized spacial score (nSPS) is 21.0. The predicted octanol–water partition coefficient (Wildman–Crippen LogP) is 2.88. The van der Waals surface area contributed by atoms with Crippen molar-refractivity contribution in [3.63, 3.8) is 0 Å². The molecule has 1 fully saturated rings. The standard InChI is InChI=1S/C18H30N4O.HI/c1-6-19-18(21-16-11-13(16)2)20-12-17(22(3)4)14-7-9-15(23-5)10-8-14;/h7-10,13,16-17H,6,11-12H2,1-5H3,(H2,19,20,21);1H. The number of methoxy groups -OCH3 is 1. The first-order valence-corrected chi connectivity index (χ1v) is 8.40. The van der Waals surface area contributed by atoms with Gasteiger partial charge in [0, 0.05) is 12.6 Å². The maximum Gasteiger partial charge on any atom is 0.191 e. The Morgan fingerprint density at radius 2 is 1.96 bits per heavy atom. The summed E-state index contributed by atoms with van der Waals surface area (Å²) in [6.45, 7) is 5.96. The van der Waals surface area contributed by atoms with Crippen molar-refractivity contribution in [3.05, 3.63) is 29.8 Å². The summed E-state index contributed by atoms with van der Waals surface area (Å²) >= 11 is 0. The van der Waals surface area contributed by atoms with Crippen LogP contribution in [0.3, 0.4) is 0 Å². The molecule has 1 aromatic carbocycles. The second kappa shape index (κ2) is 10.1. The van der Waals surface area contributed by atoms with Gasteiger partial charge >= 0.3 is 0 Å². The molecule has 0 aliphatic heterocycles. The summed E-state index contributed by atoms with van der Waals surface area (Å²) in [7, 11) is 5.87. The average molecular weight is 446 g/mol. The second-order valence-corrected chi connectivity index (χ2v) is 6.44. The van der Waals surface area contributed by atoms with Crippen LogP contribution in [-0.4, -0.2) is 51.2 Å². The van der Waals surface area contributed by atoms with Gasteiger partial charge in [0.05, 0.1) is 19.7 Å². The number of benzene rings is 1. The number of aliphatic imine (C=N–C) groups is 1. The molecule has 0 radical (unpaired) electrons. The van der Waals surface area contributed by atoms with E-state index in [-0.39, 0.29) is 30.0 Å². The van der Waals surface area contributed by atoms with Gasteiger partial charge in [-0.15, -0.1) is 24.0 Å². The molecule has 2 rings (SSSR count). The van der Waals surface area contributed by atoms with Crippen LogP contribution in [0.1, 0.15) is 31.9 Å². The Bertz CT molecular complexity index is 518. The molecule has 0 spiro atoms. The summed E-state index contributed by atoms with van der Waals surface area (Å²) in [4.78, 5) is 6.99. The zero-order valence-electron chi connectivity index (χ0n) is 15.4. The molecule has 1 aliphatic rings. The van der Waals surface area contributed by atoms with Gasteiger partial charge in [-0.25, -0.2) is 0 Å². The quantitative estimate of drug-likeness (QED) is 0.384. The topological polar surface area (TPSA) is 48.9 Å². The third kappa shape index (κ3) is 6.12. The first-order chi connectivity index (χ1) is 11.0. The lowest BCUT2D eigenvalue weighted by atomic mass is 10.1. The van der Waals surface area contributed by atoms with Gasteiger partial charge in [0.1, 0.15) is 5.75 Å². The maximum absolute atomic E-state index is 5.24. The SMILES string of the molecule is CCNC(=NCC(c1ccc(OC)cc1)N(C)C)NC1CC1C.I. The smallest absolute Gasteiger partial charge is 0.191 e. The van der Waals surface area contributed by atoms with Gasteiger partial charge in [-0.3, -0.25) is 4.99 Å². The minimum Gasteiger partial charge on any atom is -0.497 e. The molecule has 5 nitrogen and oxygen atoms in total. The van der Waals surface area contributed by atoms with E-state index >= 15 is 0 Å². The van der Waals surface area contributed by atoms with E-state index in [0.29, 0.717) is 6.04 Å². The molecule has 1 saturated carbocycles. The Balaban J connectivity index is 0.00000288. The molecular weight excluding hydrogens is 415 g/mol. The summed E-state index contributed by atoms with van der Waals surface area (Å²) in [6.07, 6.45) is 1.24. The molecule has 0 aromatic heterocycles. The van der Waals surface area contributed by atoms with Gasteiger partial charge in [0.25, 0.3) is 0 Å². The molecule has 1 aliphatic carbocycles. The molecule has 6 heteroatoms. The van der Waals surface area contributed by atoms with Crippen molar-refractivity contribution < 1.29 is 4.74 Å². The van der Waals surface area contributed by atoms with E-state index in [2.05, 4.69) is 55.6 Å². The monoisotopic (exact) mass is 446 g/mol. The molecule has 24 heavy (non-hydrogen) atoms. The molecule has 136 valence electrons. The molecule has 3 unspecified atom stereocenters. The van der Waals surface area contributed by atoms with Gasteiger partial charge in [0.15, 0.2) is 5.96 Å². The largest absolute Gasteiger partial charge is 0.497 e. The van der Waals surface area contributed by atoms with Crippen LogP contribution in [0.2, 0.25) is 0 Å². The number of halogens is 1. The molecular formula is C18H31IN4O. The number of nitrogens with one attached hydrogen (secondary N) is 2. The van der Waals surface area contributed by atoms with Crippen LogP contribution in [0.15, 0.2) is 29.3 Å². The third-order valence-corrected chi connectivity index (χ3v) is 4.32. The number of ether oxygens (including phenoxy) is 1. The first kappa shape index (κ1) is 21.0. The highest BCUT2D eigenvalue weighted by molar-refractivity contribution is 14.0. The summed E-state index contributed by atoms with van der Waals surface area (Å²) in [6, 6.07) is 9.06. The van der Waals surface area contributed by atoms with E-state index in [0.717, 1.165) is 30.7 Å². The molecule has 0 heterocycles. The highest BCUT2D eigenvalue weighted by Gasteiger charge is 2.33. The van der Waals surface area contributed by atoms with Crippen molar-refractivity contribution in [2.24, 2.45) is 10.9 Å². The fraction of sp³-hybridized carbons (Fsp3) is 0.611. The van der Waals surface area contributed by atoms with Crippen LogP contribution in [-0.2, 0) is 0 Å². The Morgan fingerprint density at radius 1 is 1.33 bits per heavy atom. The van der Waals surface area contributed by atoms with Crippen LogP contribution in [0, 0.1) is 5.92 Å². The number of likely N-dealkylation sites (N-methyl/N-ethyl adjacent to an activating group) is 1. The van der Waals surface area contributed by atoms with Gasteiger partial charge < -0.3 is 20.3 Å². The number of nitrogens with zero attached hydrogens (tertiary/aromatic N) is 2. The maximum atomic E-state index is 5.24. The molecule has 0 amide bonds. The van der Waals surface area contributed by atoms with Gasteiger partial charge in [-0.1, -0.05) is 19.1 Å². The van der Waals surface area contributed by atoms with E-state index in [1.807, 2.05) is 12.1 Å². The summed E-state index contributed by atoms with van der Waals surface area (Å²) in [5, 5.41) is 6.84. The molecule has 0 bridgehead atoms. The van der Waals surface area contributed by atoms with Crippen molar-refractivity contribution in [1.82, 2.24) is 15.5 Å². The van der Waals surface area contributed by atoms with Crippen molar-refractivity contribution in [2.75, 3.05) is 34.3 Å². The van der Waals surface area contributed by atoms with Crippen LogP contribution in [0.25, 0.3) is 0 Å². The Hall–Kier alpha value is -1.02. The zero-order chi connectivity index (χ0) is 16.8. The molecule has 1 aromatic rings. The van der Waals surface area contributed by atoms with Crippen LogP contribution in [0.4, 0.5) is 0 Å². The first-order valence-electron chi connectivity index (χ1n) is 8.40. The molecule has 3 atom stereocenters. The highest BCUT2D eigenvalue weighted by atomic mass is 127. The van der Waals surface area contributed by atoms with Crippen LogP contribution >= 0.6 is 24.0 Å². The minimum absolute atomic E-state index is 0. The lowest BCUT2D eigenvalue weighted by molar-refractivity contribution is 0.306. The summed E-state index contributed by atoms with van der Waals surface area (Å²) in [5.74, 6) is 2.56. The average Bonchev–Trinajstić information content (AvgIpc) is 3.23. The van der Waals surface area contributed by atoms with E-state index in [1.165, 1.54) is 12.0 Å². The van der Waals surface area contributed by atoms with Crippen molar-refractivity contribution in [3.8, 4) is 5.75 Å². The zero-order valence-corrected chi connectivity index (χ0v) is 17.7. The van der Waals surface area contributed by atoms with E-state index in [1.54, 1.807) is 7.11 Å². The minimum atomic E-state index is 0. The van der Waals surface area contributed by atoms with E-state index in [9.17, 15) is 0 Å². The number of hydrogen-bond acceptors (Lipinski definition) is 3. The Kier molecular flexibility index (Phi) is 8.83. The number of hydrogen-bond donors (Lipinski definition) is 2. The summed E-state index contributed by atoms with van der Waals surface area (Å²) in [5.41, 5.74) is 1.25. The van der Waals surface area contributed by atoms with Crippen molar-refractivity contribution in [2.45, 2.75) is 32.4 Å². The van der Waals surface area contributed by atoms with E-state index < -0.39 is 0 Å². The summed E-state index contributed by atoms with van der Waals surface area (Å²) < 4.78 is 5.24. The highest BCUT2D eigenvalue weighted by Crippen LogP contribution is 2.28. The van der Waals surface area contributed by atoms with E-state index in [4.69, 9.17) is 9.73 Å². The van der Waals surface area contributed by atoms with Crippen molar-refractivity contribution in [1.29, 1.82) is 0 Å². The molecule has 0 saturated heterocycles. The fourth-order valence-corrected chi connectivity index (χ4v) is 2.59. The van der Waals surface area contributed by atoms with Crippen LogP contribution in [0.5, 0.6) is 5.75 Å². The number of rotatable bonds is 7. The lowest BCUT2D eigenvalue weighted by Crippen LogP contribution is -2.39. The molecule has 2 N–H and O–H groups in total. The van der Waals surface area contributed by atoms with Crippen LogP contribution < -0.4 is 15.4 Å². The van der Waals surface area contributed by atoms with Crippen molar-refractivity contribution >= 4 is 29.9 Å². The second-order valence-electron chi connectivity index (χ2n) is 6.44. The third-order valence-electron chi connectivity index (χ3n) is 4.32. The number of guanidine groups is 1. The Morgan fingerprint density at radius 3 is 2.42 bits per heavy atom. The predicted molar refractivity (Wildman–Crippen MR) is 112 cm³/mol.